The molecular formula is C18H21FN4O. The summed E-state index contributed by atoms with van der Waals surface area (Å²) in [4.78, 5) is 21.8. The van der Waals surface area contributed by atoms with Crippen molar-refractivity contribution in [1.29, 1.82) is 0 Å². The molecule has 24 heavy (non-hydrogen) atoms. The SMILES string of the molecule is C[C@@H]1[C@H](NC(=O)c2ccc(-c3ccncc3F)[nH]2)C2CCN1CC2. The Morgan fingerprint density at radius 2 is 2.12 bits per heavy atom. The molecule has 3 saturated heterocycles. The van der Waals surface area contributed by atoms with Crippen LogP contribution in [-0.2, 0) is 0 Å². The molecule has 0 unspecified atom stereocenters. The fraction of sp³-hybridized carbons (Fsp3) is 0.444. The summed E-state index contributed by atoms with van der Waals surface area (Å²) in [5.74, 6) is 0.0275. The van der Waals surface area contributed by atoms with Crippen LogP contribution >= 0.6 is 0 Å². The van der Waals surface area contributed by atoms with Gasteiger partial charge in [-0.1, -0.05) is 0 Å². The fourth-order valence-electron chi connectivity index (χ4n) is 4.05. The maximum atomic E-state index is 13.8. The average Bonchev–Trinajstić information content (AvgIpc) is 3.09. The van der Waals surface area contributed by atoms with Crippen LogP contribution in [0.5, 0.6) is 0 Å². The van der Waals surface area contributed by atoms with Crippen LogP contribution in [0.1, 0.15) is 30.3 Å². The van der Waals surface area contributed by atoms with Gasteiger partial charge in [0.15, 0.2) is 5.82 Å². The van der Waals surface area contributed by atoms with Gasteiger partial charge in [-0.2, -0.15) is 0 Å². The minimum atomic E-state index is -0.405. The van der Waals surface area contributed by atoms with Gasteiger partial charge in [0.1, 0.15) is 5.69 Å². The lowest BCUT2D eigenvalue weighted by Gasteiger charge is -2.49. The highest BCUT2D eigenvalue weighted by Crippen LogP contribution is 2.32. The van der Waals surface area contributed by atoms with E-state index in [1.807, 2.05) is 0 Å². The summed E-state index contributed by atoms with van der Waals surface area (Å²) >= 11 is 0. The van der Waals surface area contributed by atoms with E-state index >= 15 is 0 Å². The van der Waals surface area contributed by atoms with Gasteiger partial charge in [0, 0.05) is 29.5 Å². The third-order valence-corrected chi connectivity index (χ3v) is 5.47. The molecule has 2 atom stereocenters. The zero-order chi connectivity index (χ0) is 16.7. The molecule has 5 heterocycles. The second-order valence-corrected chi connectivity index (χ2v) is 6.75. The molecule has 0 radical (unpaired) electrons. The maximum Gasteiger partial charge on any atom is 0.267 e. The van der Waals surface area contributed by atoms with E-state index in [0.29, 0.717) is 28.9 Å². The summed E-state index contributed by atoms with van der Waals surface area (Å²) in [6, 6.07) is 5.58. The third kappa shape index (κ3) is 2.60. The van der Waals surface area contributed by atoms with Gasteiger partial charge in [-0.25, -0.2) is 4.39 Å². The van der Waals surface area contributed by atoms with Crippen LogP contribution in [0.3, 0.4) is 0 Å². The lowest BCUT2D eigenvalue weighted by Crippen LogP contribution is -2.62. The van der Waals surface area contributed by atoms with Gasteiger partial charge in [-0.15, -0.1) is 0 Å². The van der Waals surface area contributed by atoms with Gasteiger partial charge in [-0.3, -0.25) is 14.7 Å². The second-order valence-electron chi connectivity index (χ2n) is 6.75. The molecule has 6 heteroatoms. The highest BCUT2D eigenvalue weighted by Gasteiger charge is 2.40. The number of pyridine rings is 1. The number of piperidine rings is 3. The zero-order valence-electron chi connectivity index (χ0n) is 13.6. The summed E-state index contributed by atoms with van der Waals surface area (Å²) in [6.45, 7) is 4.45. The molecule has 5 rings (SSSR count). The Morgan fingerprint density at radius 3 is 2.83 bits per heavy atom. The lowest BCUT2D eigenvalue weighted by molar-refractivity contribution is 0.0216. The number of rotatable bonds is 3. The van der Waals surface area contributed by atoms with Crippen LogP contribution in [0.4, 0.5) is 4.39 Å². The van der Waals surface area contributed by atoms with Crippen molar-refractivity contribution in [1.82, 2.24) is 20.2 Å². The van der Waals surface area contributed by atoms with Crippen LogP contribution < -0.4 is 5.32 Å². The second kappa shape index (κ2) is 6.02. The van der Waals surface area contributed by atoms with Gasteiger partial charge in [0.2, 0.25) is 0 Å². The zero-order valence-corrected chi connectivity index (χ0v) is 13.6. The van der Waals surface area contributed by atoms with Crippen molar-refractivity contribution in [3.63, 3.8) is 0 Å². The van der Waals surface area contributed by atoms with E-state index in [1.54, 1.807) is 18.2 Å². The number of aromatic nitrogens is 2. The number of aromatic amines is 1. The van der Waals surface area contributed by atoms with Crippen LogP contribution in [0, 0.1) is 11.7 Å². The Bertz CT molecular complexity index is 749. The number of hydrogen-bond acceptors (Lipinski definition) is 3. The molecule has 1 amide bonds. The van der Waals surface area contributed by atoms with Crippen molar-refractivity contribution in [3.8, 4) is 11.3 Å². The van der Waals surface area contributed by atoms with Gasteiger partial charge in [0.05, 0.1) is 6.20 Å². The molecule has 126 valence electrons. The lowest BCUT2D eigenvalue weighted by atomic mass is 9.79. The number of halogens is 1. The van der Waals surface area contributed by atoms with Crippen molar-refractivity contribution in [2.45, 2.75) is 31.8 Å². The number of fused-ring (bicyclic) bond motifs is 3. The molecule has 0 aromatic carbocycles. The first-order valence-electron chi connectivity index (χ1n) is 8.47. The van der Waals surface area contributed by atoms with Crippen molar-refractivity contribution in [3.05, 3.63) is 42.1 Å². The number of carbonyl (C=O) groups is 1. The number of H-pyrrole nitrogens is 1. The molecule has 2 bridgehead atoms. The molecule has 2 aromatic rings. The van der Waals surface area contributed by atoms with Crippen LogP contribution in [-0.4, -0.2) is 45.9 Å². The van der Waals surface area contributed by atoms with Crippen molar-refractivity contribution < 1.29 is 9.18 Å². The van der Waals surface area contributed by atoms with Gasteiger partial charge in [-0.05, 0) is 57.0 Å². The summed E-state index contributed by atoms with van der Waals surface area (Å²) in [7, 11) is 0. The smallest absolute Gasteiger partial charge is 0.267 e. The number of hydrogen-bond donors (Lipinski definition) is 2. The monoisotopic (exact) mass is 328 g/mol. The van der Waals surface area contributed by atoms with Crippen molar-refractivity contribution in [2.75, 3.05) is 13.1 Å². The molecule has 2 N–H and O–H groups in total. The summed E-state index contributed by atoms with van der Waals surface area (Å²) in [6.07, 6.45) is 5.00. The first-order chi connectivity index (χ1) is 11.6. The third-order valence-electron chi connectivity index (χ3n) is 5.47. The van der Waals surface area contributed by atoms with Crippen molar-refractivity contribution in [2.24, 2.45) is 5.92 Å². The Morgan fingerprint density at radius 1 is 1.33 bits per heavy atom. The highest BCUT2D eigenvalue weighted by atomic mass is 19.1. The van der Waals surface area contributed by atoms with E-state index in [0.717, 1.165) is 25.9 Å². The highest BCUT2D eigenvalue weighted by molar-refractivity contribution is 5.93. The van der Waals surface area contributed by atoms with E-state index < -0.39 is 5.82 Å². The summed E-state index contributed by atoms with van der Waals surface area (Å²) < 4.78 is 13.8. The maximum absolute atomic E-state index is 13.8. The molecule has 3 aliphatic heterocycles. The van der Waals surface area contributed by atoms with Crippen LogP contribution in [0.25, 0.3) is 11.3 Å². The number of amides is 1. The first kappa shape index (κ1) is 15.3. The Balaban J connectivity index is 1.51. The standard InChI is InChI=1S/C18H21FN4O/c1-11-17(12-5-8-23(11)9-6-12)22-18(24)16-3-2-15(21-16)13-4-7-20-10-14(13)19/h2-4,7,10-12,17,21H,5-6,8-9H2,1H3,(H,22,24)/t11-,17+/m1/s1. The van der Waals surface area contributed by atoms with E-state index in [1.165, 1.54) is 12.4 Å². The summed E-state index contributed by atoms with van der Waals surface area (Å²) in [5, 5.41) is 3.18. The van der Waals surface area contributed by atoms with E-state index in [-0.39, 0.29) is 11.9 Å². The minimum Gasteiger partial charge on any atom is -0.350 e. The van der Waals surface area contributed by atoms with Crippen LogP contribution in [0.2, 0.25) is 0 Å². The predicted octanol–water partition coefficient (Wildman–Crippen LogP) is 2.43. The number of carbonyl (C=O) groups excluding carboxylic acids is 1. The molecule has 5 nitrogen and oxygen atoms in total. The number of nitrogens with zero attached hydrogens (tertiary/aromatic N) is 2. The molecule has 3 aliphatic rings. The van der Waals surface area contributed by atoms with Crippen LogP contribution in [0.15, 0.2) is 30.6 Å². The minimum absolute atomic E-state index is 0.124. The normalized spacial score (nSPS) is 28.8. The Labute approximate surface area is 140 Å². The van der Waals surface area contributed by atoms with E-state index in [9.17, 15) is 9.18 Å². The summed E-state index contributed by atoms with van der Waals surface area (Å²) in [5.41, 5.74) is 1.46. The first-order valence-corrected chi connectivity index (χ1v) is 8.47. The van der Waals surface area contributed by atoms with Gasteiger partial charge >= 0.3 is 0 Å². The number of nitrogens with one attached hydrogen (secondary N) is 2. The molecule has 0 spiro atoms. The van der Waals surface area contributed by atoms with Gasteiger partial charge in [0.25, 0.3) is 5.91 Å². The molecular weight excluding hydrogens is 307 g/mol. The topological polar surface area (TPSA) is 61.0 Å². The fourth-order valence-corrected chi connectivity index (χ4v) is 4.05. The quantitative estimate of drug-likeness (QED) is 0.910. The molecule has 3 fully saturated rings. The van der Waals surface area contributed by atoms with E-state index in [2.05, 4.69) is 27.1 Å². The molecule has 2 aromatic heterocycles. The molecule has 0 aliphatic carbocycles. The van der Waals surface area contributed by atoms with E-state index in [4.69, 9.17) is 0 Å². The average molecular weight is 328 g/mol. The van der Waals surface area contributed by atoms with Gasteiger partial charge < -0.3 is 10.3 Å². The Kier molecular flexibility index (Phi) is 3.84. The predicted molar refractivity (Wildman–Crippen MR) is 89.0 cm³/mol. The largest absolute Gasteiger partial charge is 0.350 e. The molecule has 0 saturated carbocycles. The Hall–Kier alpha value is -2.21. The van der Waals surface area contributed by atoms with Crippen molar-refractivity contribution >= 4 is 5.91 Å².